The number of anilines is 1. The number of hydrogen-bond acceptors (Lipinski definition) is 2. The Hall–Kier alpha value is -1.46. The molecule has 3 nitrogen and oxygen atoms in total. The van der Waals surface area contributed by atoms with Crippen LogP contribution < -0.4 is 10.1 Å². The van der Waals surface area contributed by atoms with Crippen LogP contribution in [0.3, 0.4) is 0 Å². The van der Waals surface area contributed by atoms with E-state index in [4.69, 9.17) is 23.2 Å². The van der Waals surface area contributed by atoms with E-state index in [2.05, 4.69) is 15.0 Å². The second-order valence-corrected chi connectivity index (χ2v) is 4.51. The molecule has 1 aromatic heterocycles. The summed E-state index contributed by atoms with van der Waals surface area (Å²) in [5.41, 5.74) is 1.59. The van der Waals surface area contributed by atoms with E-state index < -0.39 is 6.61 Å². The van der Waals surface area contributed by atoms with Gasteiger partial charge in [-0.1, -0.05) is 23.2 Å². The third-order valence-electron chi connectivity index (χ3n) is 2.35. The number of rotatable bonds is 5. The van der Waals surface area contributed by atoms with Gasteiger partial charge in [0, 0.05) is 17.6 Å². The van der Waals surface area contributed by atoms with E-state index in [0.29, 0.717) is 12.2 Å². The van der Waals surface area contributed by atoms with E-state index in [9.17, 15) is 8.78 Å². The maximum atomic E-state index is 12.2. The van der Waals surface area contributed by atoms with E-state index in [0.717, 1.165) is 5.69 Å². The molecule has 1 aromatic carbocycles. The molecule has 0 bridgehead atoms. The van der Waals surface area contributed by atoms with Gasteiger partial charge in [0.25, 0.3) is 0 Å². The van der Waals surface area contributed by atoms with Gasteiger partial charge in [-0.15, -0.1) is 0 Å². The monoisotopic (exact) mass is 306 g/mol. The smallest absolute Gasteiger partial charge is 0.387 e. The van der Waals surface area contributed by atoms with Gasteiger partial charge in [0.05, 0.1) is 16.6 Å². The third kappa shape index (κ3) is 3.75. The molecule has 0 fully saturated rings. The fraction of sp³-hybridized carbons (Fsp3) is 0.167. The van der Waals surface area contributed by atoms with E-state index in [-0.39, 0.29) is 15.8 Å². The van der Waals surface area contributed by atoms with Crippen molar-refractivity contribution in [1.29, 1.82) is 0 Å². The lowest BCUT2D eigenvalue weighted by Gasteiger charge is -2.12. The lowest BCUT2D eigenvalue weighted by molar-refractivity contribution is -0.0497. The number of H-pyrrole nitrogens is 1. The van der Waals surface area contributed by atoms with Crippen molar-refractivity contribution < 1.29 is 13.5 Å². The van der Waals surface area contributed by atoms with Gasteiger partial charge >= 0.3 is 6.61 Å². The predicted octanol–water partition coefficient (Wildman–Crippen LogP) is 4.54. The van der Waals surface area contributed by atoms with Gasteiger partial charge in [-0.05, 0) is 24.3 Å². The summed E-state index contributed by atoms with van der Waals surface area (Å²) in [4.78, 5) is 3.02. The number of aromatic nitrogens is 1. The summed E-state index contributed by atoms with van der Waals surface area (Å²) in [5, 5.41) is 3.12. The Bertz CT molecular complexity index is 524. The van der Waals surface area contributed by atoms with Crippen molar-refractivity contribution in [2.24, 2.45) is 0 Å². The highest BCUT2D eigenvalue weighted by Gasteiger charge is 2.14. The molecule has 2 aromatic rings. The molecular weight excluding hydrogens is 297 g/mol. The molecule has 2 rings (SSSR count). The van der Waals surface area contributed by atoms with Crippen molar-refractivity contribution in [3.63, 3.8) is 0 Å². The zero-order chi connectivity index (χ0) is 13.8. The molecule has 0 aliphatic rings. The first-order chi connectivity index (χ1) is 9.06. The van der Waals surface area contributed by atoms with Gasteiger partial charge in [0.15, 0.2) is 5.75 Å². The number of aromatic amines is 1. The molecule has 0 aliphatic carbocycles. The summed E-state index contributed by atoms with van der Waals surface area (Å²) in [6.07, 6.45) is 1.80. The van der Waals surface area contributed by atoms with E-state index in [1.165, 1.54) is 12.1 Å². The minimum atomic E-state index is -2.97. The Morgan fingerprint density at radius 1 is 1.26 bits per heavy atom. The van der Waals surface area contributed by atoms with Crippen LogP contribution in [0.25, 0.3) is 0 Å². The molecule has 0 atom stereocenters. The van der Waals surface area contributed by atoms with Crippen LogP contribution in [-0.4, -0.2) is 11.6 Å². The molecule has 0 unspecified atom stereocenters. The van der Waals surface area contributed by atoms with Gasteiger partial charge in [0.2, 0.25) is 0 Å². The molecule has 2 N–H and O–H groups in total. The van der Waals surface area contributed by atoms with Gasteiger partial charge in [-0.3, -0.25) is 0 Å². The van der Waals surface area contributed by atoms with Gasteiger partial charge < -0.3 is 15.0 Å². The van der Waals surface area contributed by atoms with E-state index >= 15 is 0 Å². The number of halogens is 4. The van der Waals surface area contributed by atoms with E-state index in [1.54, 1.807) is 6.20 Å². The number of benzene rings is 1. The molecule has 0 radical (unpaired) electrons. The largest absolute Gasteiger partial charge is 0.432 e. The second-order valence-electron chi connectivity index (χ2n) is 3.70. The molecule has 0 aliphatic heterocycles. The predicted molar refractivity (Wildman–Crippen MR) is 71.2 cm³/mol. The molecule has 1 heterocycles. The molecule has 0 amide bonds. The van der Waals surface area contributed by atoms with Crippen LogP contribution >= 0.6 is 23.2 Å². The Kier molecular flexibility index (Phi) is 4.50. The normalized spacial score (nSPS) is 10.8. The lowest BCUT2D eigenvalue weighted by atomic mass is 10.3. The van der Waals surface area contributed by atoms with Gasteiger partial charge in [-0.25, -0.2) is 0 Å². The SMILES string of the molecule is FC(F)Oc1c(Cl)cc(NCc2ccc[nH]2)cc1Cl. The van der Waals surface area contributed by atoms with Crippen LogP contribution in [0, 0.1) is 0 Å². The van der Waals surface area contributed by atoms with Crippen molar-refractivity contribution in [2.75, 3.05) is 5.32 Å². The highest BCUT2D eigenvalue weighted by molar-refractivity contribution is 6.37. The molecule has 0 saturated carbocycles. The number of nitrogens with one attached hydrogen (secondary N) is 2. The molecule has 19 heavy (non-hydrogen) atoms. The zero-order valence-electron chi connectivity index (χ0n) is 9.59. The van der Waals surface area contributed by atoms with Crippen molar-refractivity contribution in [3.8, 4) is 5.75 Å². The highest BCUT2D eigenvalue weighted by atomic mass is 35.5. The summed E-state index contributed by atoms with van der Waals surface area (Å²) < 4.78 is 28.6. The van der Waals surface area contributed by atoms with Crippen molar-refractivity contribution >= 4 is 28.9 Å². The fourth-order valence-electron chi connectivity index (χ4n) is 1.54. The average Bonchev–Trinajstić information content (AvgIpc) is 2.84. The third-order valence-corrected chi connectivity index (χ3v) is 2.91. The summed E-state index contributed by atoms with van der Waals surface area (Å²) in [5.74, 6) is -0.219. The molecule has 102 valence electrons. The maximum Gasteiger partial charge on any atom is 0.387 e. The fourth-order valence-corrected chi connectivity index (χ4v) is 2.11. The van der Waals surface area contributed by atoms with Crippen LogP contribution in [0.1, 0.15) is 5.69 Å². The lowest BCUT2D eigenvalue weighted by Crippen LogP contribution is -2.04. The summed E-state index contributed by atoms with van der Waals surface area (Å²) >= 11 is 11.7. The van der Waals surface area contributed by atoms with Gasteiger partial charge in [0.1, 0.15) is 0 Å². The van der Waals surface area contributed by atoms with E-state index in [1.807, 2.05) is 12.1 Å². The summed E-state index contributed by atoms with van der Waals surface area (Å²) in [7, 11) is 0. The Balaban J connectivity index is 2.10. The average molecular weight is 307 g/mol. The molecular formula is C12H10Cl2F2N2O. The standard InChI is InChI=1S/C12H10Cl2F2N2O/c13-9-4-8(18-6-7-2-1-3-17-7)5-10(14)11(9)19-12(15)16/h1-5,12,17-18H,6H2. The maximum absolute atomic E-state index is 12.2. The highest BCUT2D eigenvalue weighted by Crippen LogP contribution is 2.37. The number of hydrogen-bond donors (Lipinski definition) is 2. The number of ether oxygens (including phenoxy) is 1. The van der Waals surface area contributed by atoms with Crippen LogP contribution in [-0.2, 0) is 6.54 Å². The minimum Gasteiger partial charge on any atom is -0.432 e. The Labute approximate surface area is 118 Å². The number of alkyl halides is 2. The summed E-state index contributed by atoms with van der Waals surface area (Å²) in [6.45, 7) is -2.43. The first-order valence-electron chi connectivity index (χ1n) is 5.36. The van der Waals surface area contributed by atoms with Crippen molar-refractivity contribution in [1.82, 2.24) is 4.98 Å². The molecule has 0 saturated heterocycles. The quantitative estimate of drug-likeness (QED) is 0.851. The Morgan fingerprint density at radius 3 is 2.47 bits per heavy atom. The first-order valence-corrected chi connectivity index (χ1v) is 6.12. The minimum absolute atomic E-state index is 0.0294. The van der Waals surface area contributed by atoms with Crippen LogP contribution in [0.4, 0.5) is 14.5 Å². The molecule has 7 heteroatoms. The molecule has 0 spiro atoms. The van der Waals surface area contributed by atoms with Gasteiger partial charge in [-0.2, -0.15) is 8.78 Å². The second kappa shape index (κ2) is 6.12. The van der Waals surface area contributed by atoms with Crippen LogP contribution in [0.2, 0.25) is 10.0 Å². The first kappa shape index (κ1) is 14.0. The van der Waals surface area contributed by atoms with Crippen LogP contribution in [0.15, 0.2) is 30.5 Å². The van der Waals surface area contributed by atoms with Crippen LogP contribution in [0.5, 0.6) is 5.75 Å². The van der Waals surface area contributed by atoms with Crippen molar-refractivity contribution in [2.45, 2.75) is 13.2 Å². The topological polar surface area (TPSA) is 37.0 Å². The zero-order valence-corrected chi connectivity index (χ0v) is 11.1. The Morgan fingerprint density at radius 2 is 1.95 bits per heavy atom. The summed E-state index contributed by atoms with van der Waals surface area (Å²) in [6, 6.07) is 6.74. The van der Waals surface area contributed by atoms with Crippen molar-refractivity contribution in [3.05, 3.63) is 46.2 Å².